The van der Waals surface area contributed by atoms with Crippen molar-refractivity contribution in [2.45, 2.75) is 65.3 Å². The van der Waals surface area contributed by atoms with Gasteiger partial charge in [0.15, 0.2) is 5.88 Å². The van der Waals surface area contributed by atoms with Gasteiger partial charge in [0, 0.05) is 11.6 Å². The van der Waals surface area contributed by atoms with Crippen LogP contribution >= 0.6 is 0 Å². The molecule has 0 bridgehead atoms. The van der Waals surface area contributed by atoms with Crippen LogP contribution in [0.4, 0.5) is 0 Å². The monoisotopic (exact) mass is 401 g/mol. The number of rotatable bonds is 9. The fraction of sp³-hybridized carbons (Fsp3) is 0.478. The quantitative estimate of drug-likeness (QED) is 0.633. The molecule has 0 aliphatic heterocycles. The number of carbonyl (C=O) groups excluding carboxylic acids is 1. The largest absolute Gasteiger partial charge is 0.482 e. The van der Waals surface area contributed by atoms with Crippen molar-refractivity contribution in [2.24, 2.45) is 0 Å². The summed E-state index contributed by atoms with van der Waals surface area (Å²) in [5, 5.41) is 0. The van der Waals surface area contributed by atoms with E-state index >= 15 is 0 Å². The zero-order valence-corrected chi connectivity index (χ0v) is 17.9. The minimum absolute atomic E-state index is 0.170. The number of benzene rings is 1. The molecule has 1 N–H and O–H groups in total. The van der Waals surface area contributed by atoms with Gasteiger partial charge in [0.2, 0.25) is 0 Å². The van der Waals surface area contributed by atoms with E-state index in [1.807, 2.05) is 58.0 Å². The zero-order chi connectivity index (χ0) is 21.4. The van der Waals surface area contributed by atoms with E-state index in [9.17, 15) is 9.59 Å². The van der Waals surface area contributed by atoms with Gasteiger partial charge >= 0.3 is 5.97 Å². The molecule has 0 radical (unpaired) electrons. The van der Waals surface area contributed by atoms with Crippen molar-refractivity contribution in [1.82, 2.24) is 4.98 Å². The summed E-state index contributed by atoms with van der Waals surface area (Å²) in [5.41, 5.74) is 1.73. The highest BCUT2D eigenvalue weighted by Gasteiger charge is 2.24. The van der Waals surface area contributed by atoms with E-state index in [0.717, 1.165) is 16.7 Å². The molecule has 0 amide bonds. The third-order valence-electron chi connectivity index (χ3n) is 4.47. The van der Waals surface area contributed by atoms with E-state index in [4.69, 9.17) is 14.2 Å². The summed E-state index contributed by atoms with van der Waals surface area (Å²) in [6.45, 7) is 8.19. The number of nitrogens with one attached hydrogen (secondary N) is 1. The number of aromatic amines is 1. The molecule has 1 atom stereocenters. The van der Waals surface area contributed by atoms with Crippen molar-refractivity contribution in [2.75, 3.05) is 7.11 Å². The lowest BCUT2D eigenvalue weighted by atomic mass is 9.90. The number of aromatic nitrogens is 1. The molecular weight excluding hydrogens is 370 g/mol. The second-order valence-electron chi connectivity index (χ2n) is 7.97. The number of methoxy groups -OCH3 is 1. The Balaban J connectivity index is 2.25. The van der Waals surface area contributed by atoms with Crippen LogP contribution in [0.2, 0.25) is 0 Å². The van der Waals surface area contributed by atoms with Crippen LogP contribution in [-0.4, -0.2) is 23.7 Å². The zero-order valence-electron chi connectivity index (χ0n) is 17.9. The van der Waals surface area contributed by atoms with Gasteiger partial charge in [-0.1, -0.05) is 37.3 Å². The first kappa shape index (κ1) is 22.7. The van der Waals surface area contributed by atoms with E-state index in [0.29, 0.717) is 18.9 Å². The molecule has 0 fully saturated rings. The van der Waals surface area contributed by atoms with Gasteiger partial charge in [0.25, 0.3) is 5.56 Å². The Morgan fingerprint density at radius 1 is 1.14 bits per heavy atom. The lowest BCUT2D eigenvalue weighted by molar-refractivity contribution is -0.155. The van der Waals surface area contributed by atoms with Gasteiger partial charge in [-0.05, 0) is 44.2 Å². The highest BCUT2D eigenvalue weighted by Crippen LogP contribution is 2.31. The number of hydrogen-bond acceptors (Lipinski definition) is 5. The molecular formula is C23H31NO5. The Hall–Kier alpha value is -2.60. The molecule has 29 heavy (non-hydrogen) atoms. The molecule has 0 saturated carbocycles. The third kappa shape index (κ3) is 7.06. The third-order valence-corrected chi connectivity index (χ3v) is 4.47. The highest BCUT2D eigenvalue weighted by atomic mass is 16.6. The average Bonchev–Trinajstić information content (AvgIpc) is 2.66. The average molecular weight is 402 g/mol. The minimum Gasteiger partial charge on any atom is -0.482 e. The summed E-state index contributed by atoms with van der Waals surface area (Å²) in [5.74, 6) is -0.0978. The Bertz CT molecular complexity index is 852. The maximum absolute atomic E-state index is 12.4. The minimum atomic E-state index is -0.553. The van der Waals surface area contributed by atoms with Crippen LogP contribution in [0.25, 0.3) is 0 Å². The lowest BCUT2D eigenvalue weighted by Crippen LogP contribution is -2.25. The normalized spacial score (nSPS) is 12.4. The molecule has 2 rings (SSSR count). The molecule has 0 saturated heterocycles. The Morgan fingerprint density at radius 3 is 2.41 bits per heavy atom. The van der Waals surface area contributed by atoms with Crippen molar-refractivity contribution in [3.05, 3.63) is 63.4 Å². The van der Waals surface area contributed by atoms with Gasteiger partial charge in [-0.25, -0.2) is 0 Å². The van der Waals surface area contributed by atoms with Gasteiger partial charge in [-0.2, -0.15) is 0 Å². The molecule has 6 nitrogen and oxygen atoms in total. The van der Waals surface area contributed by atoms with Crippen LogP contribution in [0.1, 0.15) is 63.1 Å². The van der Waals surface area contributed by atoms with Crippen LogP contribution in [0.15, 0.2) is 41.2 Å². The van der Waals surface area contributed by atoms with Crippen molar-refractivity contribution in [1.29, 1.82) is 0 Å². The summed E-state index contributed by atoms with van der Waals surface area (Å²) < 4.78 is 16.8. The molecule has 6 heteroatoms. The summed E-state index contributed by atoms with van der Waals surface area (Å²) in [7, 11) is 1.50. The van der Waals surface area contributed by atoms with E-state index < -0.39 is 5.60 Å². The summed E-state index contributed by atoms with van der Waals surface area (Å²) in [6, 6.07) is 11.4. The number of hydrogen-bond donors (Lipinski definition) is 1. The summed E-state index contributed by atoms with van der Waals surface area (Å²) in [4.78, 5) is 27.3. The number of ether oxygens (including phenoxy) is 3. The van der Waals surface area contributed by atoms with Crippen LogP contribution in [-0.2, 0) is 27.5 Å². The number of carbonyl (C=O) groups is 1. The van der Waals surface area contributed by atoms with Crippen LogP contribution < -0.4 is 10.3 Å². The van der Waals surface area contributed by atoms with Crippen molar-refractivity contribution in [3.63, 3.8) is 0 Å². The van der Waals surface area contributed by atoms with Crippen molar-refractivity contribution < 1.29 is 19.0 Å². The van der Waals surface area contributed by atoms with E-state index in [1.165, 1.54) is 13.2 Å². The fourth-order valence-electron chi connectivity index (χ4n) is 3.17. The number of esters is 1. The maximum Gasteiger partial charge on any atom is 0.306 e. The van der Waals surface area contributed by atoms with Crippen LogP contribution in [0.3, 0.4) is 0 Å². The molecule has 1 aromatic carbocycles. The van der Waals surface area contributed by atoms with Crippen molar-refractivity contribution >= 4 is 5.97 Å². The Morgan fingerprint density at radius 2 is 1.83 bits per heavy atom. The number of pyridine rings is 1. The van der Waals surface area contributed by atoms with Crippen LogP contribution in [0.5, 0.6) is 5.88 Å². The van der Waals surface area contributed by atoms with Crippen LogP contribution in [0, 0.1) is 0 Å². The molecule has 2 aromatic rings. The smallest absolute Gasteiger partial charge is 0.306 e. The van der Waals surface area contributed by atoms with Gasteiger partial charge in [0.05, 0.1) is 26.7 Å². The summed E-state index contributed by atoms with van der Waals surface area (Å²) in [6.07, 6.45) is 0.865. The standard InChI is InChI=1S/C23H31NO5/c1-6-17(12-21(26)29-23(2,3)4)18-13-20(25)24-22(27-5)19(18)15-28-14-16-10-8-7-9-11-16/h7-11,13,17H,6,12,14-15H2,1-5H3,(H,24,25). The second-order valence-corrected chi connectivity index (χ2v) is 7.97. The Kier molecular flexibility index (Phi) is 8.02. The molecule has 0 aliphatic rings. The van der Waals surface area contributed by atoms with Gasteiger partial charge in [-0.15, -0.1) is 0 Å². The first-order chi connectivity index (χ1) is 13.7. The first-order valence-corrected chi connectivity index (χ1v) is 9.87. The second kappa shape index (κ2) is 10.3. The predicted octanol–water partition coefficient (Wildman–Crippen LogP) is 4.33. The predicted molar refractivity (Wildman–Crippen MR) is 112 cm³/mol. The van der Waals surface area contributed by atoms with Crippen molar-refractivity contribution in [3.8, 4) is 5.88 Å². The Labute approximate surface area is 172 Å². The molecule has 1 unspecified atom stereocenters. The molecule has 1 aromatic heterocycles. The molecule has 0 aliphatic carbocycles. The topological polar surface area (TPSA) is 77.6 Å². The first-order valence-electron chi connectivity index (χ1n) is 9.87. The number of H-pyrrole nitrogens is 1. The van der Waals surface area contributed by atoms with Gasteiger partial charge in [-0.3, -0.25) is 14.6 Å². The summed E-state index contributed by atoms with van der Waals surface area (Å²) >= 11 is 0. The van der Waals surface area contributed by atoms with E-state index in [1.54, 1.807) is 0 Å². The highest BCUT2D eigenvalue weighted by molar-refractivity contribution is 5.71. The molecule has 1 heterocycles. The lowest BCUT2D eigenvalue weighted by Gasteiger charge is -2.23. The van der Waals surface area contributed by atoms with Gasteiger partial charge in [0.1, 0.15) is 5.60 Å². The van der Waals surface area contributed by atoms with Gasteiger partial charge < -0.3 is 14.2 Å². The SMILES string of the molecule is CCC(CC(=O)OC(C)(C)C)c1cc(=O)[nH]c(OC)c1COCc1ccccc1. The molecule has 0 spiro atoms. The molecule has 158 valence electrons. The van der Waals surface area contributed by atoms with E-state index in [-0.39, 0.29) is 30.5 Å². The maximum atomic E-state index is 12.4. The fourth-order valence-corrected chi connectivity index (χ4v) is 3.17. The van der Waals surface area contributed by atoms with E-state index in [2.05, 4.69) is 4.98 Å².